The molecule has 8 nitrogen and oxygen atoms in total. The van der Waals surface area contributed by atoms with Gasteiger partial charge in [0.15, 0.2) is 5.69 Å². The van der Waals surface area contributed by atoms with E-state index in [0.29, 0.717) is 18.8 Å². The Bertz CT molecular complexity index is 756. The molecule has 0 spiro atoms. The number of rotatable bonds is 3. The Hall–Kier alpha value is -2.74. The topological polar surface area (TPSA) is 102 Å². The predicted octanol–water partition coefficient (Wildman–Crippen LogP) is 1.62. The largest absolute Gasteiger partial charge is 0.391 e. The fraction of sp³-hybridized carbons (Fsp3) is 0.375. The summed E-state index contributed by atoms with van der Waals surface area (Å²) in [5, 5.41) is 24.9. The van der Waals surface area contributed by atoms with Crippen molar-refractivity contribution in [3.8, 4) is 5.69 Å². The lowest BCUT2D eigenvalue weighted by molar-refractivity contribution is -0.384. The van der Waals surface area contributed by atoms with Crippen LogP contribution in [0.1, 0.15) is 23.8 Å². The molecule has 126 valence electrons. The number of hydrogen-bond donors (Lipinski definition) is 1. The molecule has 1 fully saturated rings. The van der Waals surface area contributed by atoms with Crippen molar-refractivity contribution in [2.75, 3.05) is 13.1 Å². The van der Waals surface area contributed by atoms with Gasteiger partial charge in [-0.05, 0) is 30.5 Å². The lowest BCUT2D eigenvalue weighted by Crippen LogP contribution is -2.45. The molecule has 1 aromatic carbocycles. The van der Waals surface area contributed by atoms with E-state index in [1.54, 1.807) is 29.3 Å². The van der Waals surface area contributed by atoms with Crippen molar-refractivity contribution in [3.63, 3.8) is 0 Å². The molecule has 0 aliphatic carbocycles. The highest BCUT2D eigenvalue weighted by molar-refractivity contribution is 5.92. The molecular weight excluding hydrogens is 312 g/mol. The zero-order chi connectivity index (χ0) is 17.3. The van der Waals surface area contributed by atoms with Crippen LogP contribution in [0.25, 0.3) is 5.69 Å². The van der Waals surface area contributed by atoms with Gasteiger partial charge < -0.3 is 10.0 Å². The number of nitro benzene ring substituents is 1. The van der Waals surface area contributed by atoms with Crippen LogP contribution in [0.15, 0.2) is 36.5 Å². The number of aliphatic hydroxyl groups excluding tert-OH is 1. The van der Waals surface area contributed by atoms with Crippen LogP contribution in [0.5, 0.6) is 0 Å². The molecule has 1 amide bonds. The second-order valence-corrected chi connectivity index (χ2v) is 6.00. The Balaban J connectivity index is 1.75. The van der Waals surface area contributed by atoms with Gasteiger partial charge in [0.25, 0.3) is 11.6 Å². The van der Waals surface area contributed by atoms with Gasteiger partial charge in [0.05, 0.1) is 16.7 Å². The Morgan fingerprint density at radius 1 is 1.33 bits per heavy atom. The number of non-ortho nitro benzene ring substituents is 1. The van der Waals surface area contributed by atoms with Crippen molar-refractivity contribution in [1.29, 1.82) is 0 Å². The Labute approximate surface area is 138 Å². The van der Waals surface area contributed by atoms with Crippen LogP contribution >= 0.6 is 0 Å². The summed E-state index contributed by atoms with van der Waals surface area (Å²) in [6.45, 7) is 2.88. The van der Waals surface area contributed by atoms with Crippen molar-refractivity contribution >= 4 is 11.6 Å². The normalized spacial score (nSPS) is 20.8. The van der Waals surface area contributed by atoms with Crippen LogP contribution in [0.4, 0.5) is 5.69 Å². The average Bonchev–Trinajstić information content (AvgIpc) is 3.07. The first-order chi connectivity index (χ1) is 11.5. The fourth-order valence-electron chi connectivity index (χ4n) is 2.70. The number of carbonyl (C=O) groups is 1. The molecule has 2 aromatic rings. The first-order valence-corrected chi connectivity index (χ1v) is 7.73. The highest BCUT2D eigenvalue weighted by Gasteiger charge is 2.28. The minimum atomic E-state index is -0.514. The maximum absolute atomic E-state index is 12.5. The summed E-state index contributed by atoms with van der Waals surface area (Å²) >= 11 is 0. The molecule has 24 heavy (non-hydrogen) atoms. The molecule has 2 atom stereocenters. The van der Waals surface area contributed by atoms with Gasteiger partial charge in [-0.3, -0.25) is 14.9 Å². The van der Waals surface area contributed by atoms with Crippen LogP contribution in [0.2, 0.25) is 0 Å². The lowest BCUT2D eigenvalue weighted by atomic mass is 9.96. The molecule has 0 saturated carbocycles. The van der Waals surface area contributed by atoms with Gasteiger partial charge in [0.2, 0.25) is 0 Å². The van der Waals surface area contributed by atoms with E-state index in [1.165, 1.54) is 16.8 Å². The third-order valence-corrected chi connectivity index (χ3v) is 4.34. The lowest BCUT2D eigenvalue weighted by Gasteiger charge is -2.33. The molecule has 1 aliphatic rings. The van der Waals surface area contributed by atoms with E-state index in [-0.39, 0.29) is 23.2 Å². The number of piperidine rings is 1. The number of aliphatic hydroxyl groups is 1. The molecule has 0 radical (unpaired) electrons. The van der Waals surface area contributed by atoms with E-state index in [4.69, 9.17) is 0 Å². The molecule has 1 N–H and O–H groups in total. The van der Waals surface area contributed by atoms with Crippen LogP contribution in [0, 0.1) is 16.0 Å². The van der Waals surface area contributed by atoms with Gasteiger partial charge in [-0.2, -0.15) is 5.10 Å². The van der Waals surface area contributed by atoms with E-state index in [2.05, 4.69) is 5.10 Å². The number of benzene rings is 1. The quantitative estimate of drug-likeness (QED) is 0.681. The van der Waals surface area contributed by atoms with Crippen LogP contribution < -0.4 is 0 Å². The van der Waals surface area contributed by atoms with Gasteiger partial charge in [-0.15, -0.1) is 0 Å². The van der Waals surface area contributed by atoms with Gasteiger partial charge in [-0.1, -0.05) is 6.92 Å². The van der Waals surface area contributed by atoms with Gasteiger partial charge in [-0.25, -0.2) is 4.68 Å². The smallest absolute Gasteiger partial charge is 0.274 e. The number of hydrogen-bond acceptors (Lipinski definition) is 5. The maximum Gasteiger partial charge on any atom is 0.274 e. The molecule has 1 aliphatic heterocycles. The highest BCUT2D eigenvalue weighted by Crippen LogP contribution is 2.19. The van der Waals surface area contributed by atoms with E-state index in [0.717, 1.165) is 6.42 Å². The Morgan fingerprint density at radius 3 is 2.67 bits per heavy atom. The molecule has 2 unspecified atom stereocenters. The number of likely N-dealkylation sites (tertiary alicyclic amines) is 1. The second-order valence-electron chi connectivity index (χ2n) is 6.00. The van der Waals surface area contributed by atoms with E-state index >= 15 is 0 Å². The van der Waals surface area contributed by atoms with Crippen molar-refractivity contribution in [3.05, 3.63) is 52.3 Å². The molecule has 1 saturated heterocycles. The van der Waals surface area contributed by atoms with E-state index < -0.39 is 11.0 Å². The van der Waals surface area contributed by atoms with Crippen LogP contribution in [0.3, 0.4) is 0 Å². The number of β-amino-alcohol motifs (C(OH)–C–C–N with tert-alkyl or cyclic N) is 1. The Morgan fingerprint density at radius 2 is 2.04 bits per heavy atom. The number of aromatic nitrogens is 2. The van der Waals surface area contributed by atoms with Crippen molar-refractivity contribution in [1.82, 2.24) is 14.7 Å². The predicted molar refractivity (Wildman–Crippen MR) is 85.9 cm³/mol. The van der Waals surface area contributed by atoms with E-state index in [9.17, 15) is 20.0 Å². The second kappa shape index (κ2) is 6.40. The number of nitrogens with zero attached hydrogens (tertiary/aromatic N) is 4. The van der Waals surface area contributed by atoms with Crippen LogP contribution in [-0.2, 0) is 0 Å². The van der Waals surface area contributed by atoms with Crippen molar-refractivity contribution < 1.29 is 14.8 Å². The fourth-order valence-corrected chi connectivity index (χ4v) is 2.70. The third-order valence-electron chi connectivity index (χ3n) is 4.34. The summed E-state index contributed by atoms with van der Waals surface area (Å²) in [6.07, 6.45) is 1.88. The van der Waals surface area contributed by atoms with Crippen molar-refractivity contribution in [2.45, 2.75) is 19.4 Å². The maximum atomic E-state index is 12.5. The minimum Gasteiger partial charge on any atom is -0.391 e. The number of amides is 1. The molecule has 3 rings (SSSR count). The number of nitro groups is 1. The SMILES string of the molecule is CC1CCN(C(=O)c2ccn(-c3ccc([N+](=O)[O-])cc3)n2)CC1O. The average molecular weight is 330 g/mol. The summed E-state index contributed by atoms with van der Waals surface area (Å²) in [6, 6.07) is 7.54. The molecule has 8 heteroatoms. The summed E-state index contributed by atoms with van der Waals surface area (Å²) in [5.41, 5.74) is 0.917. The summed E-state index contributed by atoms with van der Waals surface area (Å²) in [7, 11) is 0. The summed E-state index contributed by atoms with van der Waals surface area (Å²) < 4.78 is 1.50. The summed E-state index contributed by atoms with van der Waals surface area (Å²) in [4.78, 5) is 24.3. The highest BCUT2D eigenvalue weighted by atomic mass is 16.6. The molecule has 0 bridgehead atoms. The first kappa shape index (κ1) is 16.1. The molecule has 1 aromatic heterocycles. The standard InChI is InChI=1S/C16H18N4O4/c1-11-6-8-18(10-15(11)21)16(22)14-7-9-19(17-14)12-2-4-13(5-3-12)20(23)24/h2-5,7,9,11,15,21H,6,8,10H2,1H3. The molecular formula is C16H18N4O4. The van der Waals surface area contributed by atoms with Gasteiger partial charge >= 0.3 is 0 Å². The zero-order valence-corrected chi connectivity index (χ0v) is 13.2. The van der Waals surface area contributed by atoms with Crippen molar-refractivity contribution in [2.24, 2.45) is 5.92 Å². The number of carbonyl (C=O) groups excluding carboxylic acids is 1. The minimum absolute atomic E-state index is 0.00127. The van der Waals surface area contributed by atoms with Gasteiger partial charge in [0.1, 0.15) is 0 Å². The monoisotopic (exact) mass is 330 g/mol. The third kappa shape index (κ3) is 3.13. The van der Waals surface area contributed by atoms with Crippen LogP contribution in [-0.4, -0.2) is 49.8 Å². The molecule has 2 heterocycles. The van der Waals surface area contributed by atoms with E-state index in [1.807, 2.05) is 6.92 Å². The first-order valence-electron chi connectivity index (χ1n) is 7.73. The summed E-state index contributed by atoms with van der Waals surface area (Å²) in [5.74, 6) is -0.0340. The Kier molecular flexibility index (Phi) is 4.30. The van der Waals surface area contributed by atoms with Gasteiger partial charge in [0, 0.05) is 31.4 Å². The zero-order valence-electron chi connectivity index (χ0n) is 13.2.